The van der Waals surface area contributed by atoms with Crippen LogP contribution in [0.1, 0.15) is 31.7 Å². The van der Waals surface area contributed by atoms with E-state index in [2.05, 4.69) is 12.2 Å². The van der Waals surface area contributed by atoms with Crippen molar-refractivity contribution < 1.29 is 17.9 Å². The lowest BCUT2D eigenvalue weighted by atomic mass is 10.1. The van der Waals surface area contributed by atoms with E-state index in [1.807, 2.05) is 7.05 Å². The van der Waals surface area contributed by atoms with Gasteiger partial charge in [0.25, 0.3) is 0 Å². The van der Waals surface area contributed by atoms with E-state index < -0.39 is 11.7 Å². The molecule has 0 aliphatic carbocycles. The van der Waals surface area contributed by atoms with Crippen LogP contribution in [0.15, 0.2) is 24.3 Å². The fourth-order valence-electron chi connectivity index (χ4n) is 1.89. The Labute approximate surface area is 112 Å². The summed E-state index contributed by atoms with van der Waals surface area (Å²) >= 11 is 0. The van der Waals surface area contributed by atoms with Gasteiger partial charge in [-0.05, 0) is 38.4 Å². The van der Waals surface area contributed by atoms with Crippen LogP contribution in [0.5, 0.6) is 5.75 Å². The molecule has 1 aromatic rings. The van der Waals surface area contributed by atoms with Crippen LogP contribution in [0.4, 0.5) is 13.2 Å². The van der Waals surface area contributed by atoms with Crippen molar-refractivity contribution in [3.8, 4) is 5.75 Å². The Kier molecular flexibility index (Phi) is 6.15. The van der Waals surface area contributed by atoms with E-state index in [4.69, 9.17) is 4.74 Å². The van der Waals surface area contributed by atoms with Gasteiger partial charge in [-0.1, -0.05) is 19.1 Å². The quantitative estimate of drug-likeness (QED) is 0.763. The Morgan fingerprint density at radius 1 is 1.26 bits per heavy atom. The Balaban J connectivity index is 2.50. The van der Waals surface area contributed by atoms with E-state index in [1.54, 1.807) is 6.07 Å². The molecule has 2 nitrogen and oxygen atoms in total. The summed E-state index contributed by atoms with van der Waals surface area (Å²) in [6, 6.07) is 5.70. The Morgan fingerprint density at radius 2 is 1.95 bits per heavy atom. The number of para-hydroxylation sites is 1. The van der Waals surface area contributed by atoms with Gasteiger partial charge in [0, 0.05) is 6.04 Å². The van der Waals surface area contributed by atoms with Gasteiger partial charge in [-0.15, -0.1) is 0 Å². The van der Waals surface area contributed by atoms with Gasteiger partial charge in [0.1, 0.15) is 5.75 Å². The number of hydrogen-bond donors (Lipinski definition) is 1. The van der Waals surface area contributed by atoms with Gasteiger partial charge in [-0.2, -0.15) is 13.2 Å². The third-order valence-electron chi connectivity index (χ3n) is 3.05. The number of rotatable bonds is 7. The fourth-order valence-corrected chi connectivity index (χ4v) is 1.89. The van der Waals surface area contributed by atoms with Gasteiger partial charge >= 0.3 is 6.18 Å². The average Bonchev–Trinajstić information content (AvgIpc) is 2.38. The van der Waals surface area contributed by atoms with Crippen molar-refractivity contribution in [2.75, 3.05) is 13.7 Å². The van der Waals surface area contributed by atoms with Crippen LogP contribution in [0, 0.1) is 0 Å². The molecular formula is C14H20F3NO. The lowest BCUT2D eigenvalue weighted by molar-refractivity contribution is -0.138. The predicted molar refractivity (Wildman–Crippen MR) is 69.3 cm³/mol. The second-order valence-electron chi connectivity index (χ2n) is 4.38. The molecule has 0 aromatic heterocycles. The van der Waals surface area contributed by atoms with E-state index in [1.165, 1.54) is 12.1 Å². The lowest BCUT2D eigenvalue weighted by Crippen LogP contribution is -2.24. The average molecular weight is 275 g/mol. The minimum atomic E-state index is -4.37. The van der Waals surface area contributed by atoms with Crippen molar-refractivity contribution in [1.82, 2.24) is 5.32 Å². The van der Waals surface area contributed by atoms with Crippen LogP contribution in [-0.2, 0) is 6.18 Å². The number of hydrogen-bond acceptors (Lipinski definition) is 2. The smallest absolute Gasteiger partial charge is 0.419 e. The molecule has 0 spiro atoms. The van der Waals surface area contributed by atoms with Crippen molar-refractivity contribution >= 4 is 0 Å². The standard InChI is InChI=1S/C14H20F3NO/c1-3-11(18-2)7-6-10-19-13-9-5-4-8-12(13)14(15,16)17/h4-5,8-9,11,18H,3,6-7,10H2,1-2H3. The molecule has 0 amide bonds. The third-order valence-corrected chi connectivity index (χ3v) is 3.05. The van der Waals surface area contributed by atoms with E-state index in [-0.39, 0.29) is 5.75 Å². The van der Waals surface area contributed by atoms with Gasteiger partial charge in [-0.25, -0.2) is 0 Å². The van der Waals surface area contributed by atoms with Gasteiger partial charge < -0.3 is 10.1 Å². The zero-order valence-electron chi connectivity index (χ0n) is 11.3. The molecule has 1 N–H and O–H groups in total. The number of nitrogens with one attached hydrogen (secondary N) is 1. The molecule has 0 saturated carbocycles. The molecular weight excluding hydrogens is 255 g/mol. The van der Waals surface area contributed by atoms with Crippen LogP contribution in [0.25, 0.3) is 0 Å². The van der Waals surface area contributed by atoms with Crippen molar-refractivity contribution in [3.05, 3.63) is 29.8 Å². The minimum absolute atomic E-state index is 0.0903. The third kappa shape index (κ3) is 5.11. The maximum atomic E-state index is 12.7. The molecule has 0 heterocycles. The minimum Gasteiger partial charge on any atom is -0.493 e. The van der Waals surface area contributed by atoms with Gasteiger partial charge in [0.2, 0.25) is 0 Å². The normalized spacial score (nSPS) is 13.3. The first-order valence-corrected chi connectivity index (χ1v) is 6.45. The van der Waals surface area contributed by atoms with Crippen LogP contribution < -0.4 is 10.1 Å². The second-order valence-corrected chi connectivity index (χ2v) is 4.38. The first-order chi connectivity index (χ1) is 8.99. The number of ether oxygens (including phenoxy) is 1. The molecule has 1 aromatic carbocycles. The Hall–Kier alpha value is -1.23. The van der Waals surface area contributed by atoms with E-state index in [0.29, 0.717) is 12.6 Å². The summed E-state index contributed by atoms with van der Waals surface area (Å²) in [4.78, 5) is 0. The highest BCUT2D eigenvalue weighted by Crippen LogP contribution is 2.35. The van der Waals surface area contributed by atoms with Crippen molar-refractivity contribution in [2.45, 2.75) is 38.4 Å². The summed E-state index contributed by atoms with van der Waals surface area (Å²) in [6.07, 6.45) is -1.75. The molecule has 1 unspecified atom stereocenters. The van der Waals surface area contributed by atoms with Crippen LogP contribution in [-0.4, -0.2) is 19.7 Å². The Morgan fingerprint density at radius 3 is 2.53 bits per heavy atom. The topological polar surface area (TPSA) is 21.3 Å². The summed E-state index contributed by atoms with van der Waals surface area (Å²) in [7, 11) is 1.88. The maximum Gasteiger partial charge on any atom is 0.419 e. The van der Waals surface area contributed by atoms with Crippen LogP contribution >= 0.6 is 0 Å². The van der Waals surface area contributed by atoms with E-state index >= 15 is 0 Å². The molecule has 0 saturated heterocycles. The number of halogens is 3. The van der Waals surface area contributed by atoms with Crippen molar-refractivity contribution in [1.29, 1.82) is 0 Å². The summed E-state index contributed by atoms with van der Waals surface area (Å²) in [6.45, 7) is 2.37. The van der Waals surface area contributed by atoms with Crippen LogP contribution in [0.3, 0.4) is 0 Å². The fraction of sp³-hybridized carbons (Fsp3) is 0.571. The number of alkyl halides is 3. The van der Waals surface area contributed by atoms with E-state index in [9.17, 15) is 13.2 Å². The van der Waals surface area contributed by atoms with Crippen molar-refractivity contribution in [3.63, 3.8) is 0 Å². The van der Waals surface area contributed by atoms with E-state index in [0.717, 1.165) is 25.3 Å². The van der Waals surface area contributed by atoms with Gasteiger partial charge in [0.15, 0.2) is 0 Å². The maximum absolute atomic E-state index is 12.7. The van der Waals surface area contributed by atoms with Gasteiger partial charge in [0.05, 0.1) is 12.2 Å². The lowest BCUT2D eigenvalue weighted by Gasteiger charge is -2.16. The van der Waals surface area contributed by atoms with Gasteiger partial charge in [-0.3, -0.25) is 0 Å². The first-order valence-electron chi connectivity index (χ1n) is 6.45. The Bertz CT molecular complexity index is 375. The summed E-state index contributed by atoms with van der Waals surface area (Å²) < 4.78 is 43.4. The summed E-state index contributed by atoms with van der Waals surface area (Å²) in [5.41, 5.74) is -0.712. The number of benzene rings is 1. The zero-order valence-corrected chi connectivity index (χ0v) is 11.3. The monoisotopic (exact) mass is 275 g/mol. The molecule has 0 fully saturated rings. The molecule has 0 radical (unpaired) electrons. The SMILES string of the molecule is CCC(CCCOc1ccccc1C(F)(F)F)NC. The molecule has 108 valence electrons. The van der Waals surface area contributed by atoms with Crippen molar-refractivity contribution in [2.24, 2.45) is 0 Å². The molecule has 0 aliphatic rings. The molecule has 1 rings (SSSR count). The highest BCUT2D eigenvalue weighted by atomic mass is 19.4. The first kappa shape index (κ1) is 15.8. The highest BCUT2D eigenvalue weighted by molar-refractivity contribution is 5.35. The molecule has 0 aliphatic heterocycles. The molecule has 5 heteroatoms. The second kappa shape index (κ2) is 7.38. The predicted octanol–water partition coefficient (Wildman–Crippen LogP) is 3.86. The molecule has 0 bridgehead atoms. The molecule has 1 atom stereocenters. The van der Waals surface area contributed by atoms with Crippen LogP contribution in [0.2, 0.25) is 0 Å². The molecule has 19 heavy (non-hydrogen) atoms. The zero-order chi connectivity index (χ0) is 14.3. The highest BCUT2D eigenvalue weighted by Gasteiger charge is 2.33. The summed E-state index contributed by atoms with van der Waals surface area (Å²) in [5.74, 6) is -0.0903. The summed E-state index contributed by atoms with van der Waals surface area (Å²) in [5, 5.41) is 3.15. The largest absolute Gasteiger partial charge is 0.493 e.